The Morgan fingerprint density at radius 2 is 2.33 bits per heavy atom. The van der Waals surface area contributed by atoms with Gasteiger partial charge in [-0.2, -0.15) is 0 Å². The van der Waals surface area contributed by atoms with Gasteiger partial charge in [0.05, 0.1) is 13.2 Å². The summed E-state index contributed by atoms with van der Waals surface area (Å²) in [5, 5.41) is 11.6. The Kier molecular flexibility index (Phi) is 3.82. The number of aromatic nitrogens is 1. The lowest BCUT2D eigenvalue weighted by atomic mass is 9.96. The highest BCUT2D eigenvalue weighted by Gasteiger charge is 2.24. The average Bonchev–Trinajstić information content (AvgIpc) is 2.67. The lowest BCUT2D eigenvalue weighted by Crippen LogP contribution is -2.22. The van der Waals surface area contributed by atoms with E-state index in [1.165, 1.54) is 11.3 Å². The Morgan fingerprint density at radius 3 is 2.87 bits per heavy atom. The van der Waals surface area contributed by atoms with E-state index < -0.39 is 11.4 Å². The first-order valence-electron chi connectivity index (χ1n) is 4.75. The minimum Gasteiger partial charge on any atom is -0.461 e. The minimum absolute atomic E-state index is 0.00276. The molecule has 0 aliphatic heterocycles. The van der Waals surface area contributed by atoms with Crippen LogP contribution in [0.5, 0.6) is 0 Å². The van der Waals surface area contributed by atoms with Crippen LogP contribution in [0, 0.1) is 0 Å². The number of aliphatic hydroxyl groups excluding tert-OH is 1. The molecular weight excluding hydrogens is 214 g/mol. The van der Waals surface area contributed by atoms with Crippen LogP contribution in [0.3, 0.4) is 0 Å². The lowest BCUT2D eigenvalue weighted by Gasteiger charge is -2.17. The summed E-state index contributed by atoms with van der Waals surface area (Å²) >= 11 is 1.36. The molecule has 0 aliphatic carbocycles. The number of rotatable bonds is 4. The van der Waals surface area contributed by atoms with Crippen molar-refractivity contribution in [2.24, 2.45) is 0 Å². The third kappa shape index (κ3) is 2.76. The zero-order valence-corrected chi connectivity index (χ0v) is 9.93. The van der Waals surface area contributed by atoms with Crippen LogP contribution in [-0.2, 0) is 10.2 Å². The van der Waals surface area contributed by atoms with Crippen molar-refractivity contribution >= 4 is 17.3 Å². The molecule has 0 bridgehead atoms. The molecular formula is C10H15NO3S. The van der Waals surface area contributed by atoms with Gasteiger partial charge in [-0.05, 0) is 6.92 Å². The van der Waals surface area contributed by atoms with Crippen LogP contribution in [-0.4, -0.2) is 29.3 Å². The number of aliphatic hydroxyl groups is 1. The van der Waals surface area contributed by atoms with E-state index in [0.717, 1.165) is 5.01 Å². The van der Waals surface area contributed by atoms with Gasteiger partial charge in [0.2, 0.25) is 0 Å². The van der Waals surface area contributed by atoms with Gasteiger partial charge in [0, 0.05) is 10.8 Å². The maximum Gasteiger partial charge on any atom is 0.357 e. The Hall–Kier alpha value is -0.940. The molecule has 1 N–H and O–H groups in total. The fraction of sp³-hybridized carbons (Fsp3) is 0.600. The van der Waals surface area contributed by atoms with Crippen LogP contribution in [0.15, 0.2) is 5.38 Å². The smallest absolute Gasteiger partial charge is 0.357 e. The molecule has 1 rings (SSSR count). The van der Waals surface area contributed by atoms with Crippen molar-refractivity contribution in [3.05, 3.63) is 16.1 Å². The molecule has 0 saturated heterocycles. The zero-order chi connectivity index (χ0) is 11.5. The Morgan fingerprint density at radius 1 is 1.67 bits per heavy atom. The van der Waals surface area contributed by atoms with Crippen molar-refractivity contribution < 1.29 is 14.6 Å². The van der Waals surface area contributed by atoms with Gasteiger partial charge < -0.3 is 9.84 Å². The molecule has 1 heterocycles. The summed E-state index contributed by atoms with van der Waals surface area (Å²) < 4.78 is 4.83. The van der Waals surface area contributed by atoms with Crippen molar-refractivity contribution in [3.63, 3.8) is 0 Å². The molecule has 84 valence electrons. The third-order valence-corrected chi connectivity index (χ3v) is 3.17. The minimum atomic E-state index is -0.409. The van der Waals surface area contributed by atoms with Crippen LogP contribution in [0.25, 0.3) is 0 Å². The Labute approximate surface area is 92.9 Å². The second kappa shape index (κ2) is 4.72. The fourth-order valence-corrected chi connectivity index (χ4v) is 1.86. The van der Waals surface area contributed by atoms with Crippen molar-refractivity contribution in [1.82, 2.24) is 4.98 Å². The zero-order valence-electron chi connectivity index (χ0n) is 9.11. The first-order valence-corrected chi connectivity index (χ1v) is 5.63. The summed E-state index contributed by atoms with van der Waals surface area (Å²) in [4.78, 5) is 15.5. The highest BCUT2D eigenvalue weighted by atomic mass is 32.1. The molecule has 0 radical (unpaired) electrons. The van der Waals surface area contributed by atoms with E-state index in [2.05, 4.69) is 4.98 Å². The van der Waals surface area contributed by atoms with Gasteiger partial charge in [0.1, 0.15) is 5.01 Å². The summed E-state index contributed by atoms with van der Waals surface area (Å²) in [6, 6.07) is 0. The van der Waals surface area contributed by atoms with Crippen LogP contribution in [0.4, 0.5) is 0 Å². The van der Waals surface area contributed by atoms with Crippen molar-refractivity contribution in [2.45, 2.75) is 26.2 Å². The van der Waals surface area contributed by atoms with Crippen molar-refractivity contribution in [3.8, 4) is 0 Å². The first kappa shape index (κ1) is 12.1. The van der Waals surface area contributed by atoms with E-state index in [1.807, 2.05) is 13.8 Å². The van der Waals surface area contributed by atoms with Crippen LogP contribution in [0.2, 0.25) is 0 Å². The lowest BCUT2D eigenvalue weighted by molar-refractivity contribution is 0.0520. The second-order valence-electron chi connectivity index (χ2n) is 3.80. The SMILES string of the molecule is CCOC(=O)c1csc(C(C)(C)CO)n1. The van der Waals surface area contributed by atoms with Gasteiger partial charge in [-0.1, -0.05) is 13.8 Å². The second-order valence-corrected chi connectivity index (χ2v) is 4.66. The quantitative estimate of drug-likeness (QED) is 0.796. The summed E-state index contributed by atoms with van der Waals surface area (Å²) in [6.07, 6.45) is 0. The van der Waals surface area contributed by atoms with Gasteiger partial charge in [0.15, 0.2) is 5.69 Å². The van der Waals surface area contributed by atoms with E-state index >= 15 is 0 Å². The van der Waals surface area contributed by atoms with E-state index in [0.29, 0.717) is 12.3 Å². The van der Waals surface area contributed by atoms with Gasteiger partial charge in [-0.25, -0.2) is 9.78 Å². The normalized spacial score (nSPS) is 11.5. The Bertz CT molecular complexity index is 346. The molecule has 0 saturated carbocycles. The predicted octanol–water partition coefficient (Wildman–Crippen LogP) is 1.59. The molecule has 0 spiro atoms. The highest BCUT2D eigenvalue weighted by Crippen LogP contribution is 2.25. The van der Waals surface area contributed by atoms with Gasteiger partial charge >= 0.3 is 5.97 Å². The van der Waals surface area contributed by atoms with Crippen LogP contribution >= 0.6 is 11.3 Å². The molecule has 0 unspecified atom stereocenters. The van der Waals surface area contributed by atoms with E-state index in [1.54, 1.807) is 12.3 Å². The number of nitrogens with zero attached hydrogens (tertiary/aromatic N) is 1. The van der Waals surface area contributed by atoms with Crippen LogP contribution < -0.4 is 0 Å². The number of esters is 1. The topological polar surface area (TPSA) is 59.4 Å². The van der Waals surface area contributed by atoms with Gasteiger partial charge in [-0.3, -0.25) is 0 Å². The summed E-state index contributed by atoms with van der Waals surface area (Å²) in [6.45, 7) is 5.85. The average molecular weight is 229 g/mol. The molecule has 15 heavy (non-hydrogen) atoms. The predicted molar refractivity (Wildman–Crippen MR) is 58.2 cm³/mol. The van der Waals surface area contributed by atoms with E-state index in [4.69, 9.17) is 9.84 Å². The van der Waals surface area contributed by atoms with E-state index in [-0.39, 0.29) is 6.61 Å². The van der Waals surface area contributed by atoms with Crippen molar-refractivity contribution in [2.75, 3.05) is 13.2 Å². The number of ether oxygens (including phenoxy) is 1. The fourth-order valence-electron chi connectivity index (χ4n) is 0.951. The van der Waals surface area contributed by atoms with Crippen molar-refractivity contribution in [1.29, 1.82) is 0 Å². The molecule has 0 atom stereocenters. The summed E-state index contributed by atoms with van der Waals surface area (Å²) in [5.74, 6) is -0.409. The molecule has 0 fully saturated rings. The number of carbonyl (C=O) groups excluding carboxylic acids is 1. The number of hydrogen-bond donors (Lipinski definition) is 1. The summed E-state index contributed by atoms with van der Waals surface area (Å²) in [7, 11) is 0. The molecule has 0 aliphatic rings. The standard InChI is InChI=1S/C10H15NO3S/c1-4-14-8(13)7-5-15-9(11-7)10(2,3)6-12/h5,12H,4,6H2,1-3H3. The molecule has 4 nitrogen and oxygen atoms in total. The third-order valence-electron chi connectivity index (χ3n) is 1.96. The monoisotopic (exact) mass is 229 g/mol. The Balaban J connectivity index is 2.85. The molecule has 5 heteroatoms. The molecule has 0 aromatic carbocycles. The first-order chi connectivity index (χ1) is 7.01. The highest BCUT2D eigenvalue weighted by molar-refractivity contribution is 7.10. The van der Waals surface area contributed by atoms with E-state index in [9.17, 15) is 4.79 Å². The molecule has 1 aromatic rings. The van der Waals surface area contributed by atoms with Gasteiger partial charge in [0.25, 0.3) is 0 Å². The largest absolute Gasteiger partial charge is 0.461 e. The summed E-state index contributed by atoms with van der Waals surface area (Å²) in [5.41, 5.74) is -0.0894. The van der Waals surface area contributed by atoms with Crippen LogP contribution in [0.1, 0.15) is 36.3 Å². The maximum atomic E-state index is 11.3. The van der Waals surface area contributed by atoms with Gasteiger partial charge in [-0.15, -0.1) is 11.3 Å². The maximum absolute atomic E-state index is 11.3. The molecule has 1 aromatic heterocycles. The number of thiazole rings is 1. The number of carbonyl (C=O) groups is 1. The number of hydrogen-bond acceptors (Lipinski definition) is 5. The molecule has 0 amide bonds.